The van der Waals surface area contributed by atoms with Gasteiger partial charge in [0.25, 0.3) is 0 Å². The lowest BCUT2D eigenvalue weighted by molar-refractivity contribution is 0.552. The molecule has 0 aliphatic rings. The van der Waals surface area contributed by atoms with E-state index in [0.717, 1.165) is 11.1 Å². The molecule has 6 atom stereocenters. The highest BCUT2D eigenvalue weighted by Gasteiger charge is 2.32. The van der Waals surface area contributed by atoms with Crippen LogP contribution in [-0.2, 0) is 0 Å². The summed E-state index contributed by atoms with van der Waals surface area (Å²) in [6.07, 6.45) is 0. The molecular formula is C18H24N6S15. The van der Waals surface area contributed by atoms with E-state index in [-0.39, 0.29) is 25.9 Å². The second-order valence-corrected chi connectivity index (χ2v) is 16.0. The molecule has 0 aliphatic heterocycles. The van der Waals surface area contributed by atoms with Crippen LogP contribution in [0, 0.1) is 0 Å². The number of rotatable bonds is 12. The predicted molar refractivity (Wildman–Crippen MR) is 221 cm³/mol. The van der Waals surface area contributed by atoms with Gasteiger partial charge < -0.3 is 31.9 Å². The van der Waals surface area contributed by atoms with Crippen LogP contribution in [0.1, 0.15) is 34.8 Å². The van der Waals surface area contributed by atoms with Crippen molar-refractivity contribution in [2.45, 2.75) is 34.2 Å². The number of thiol groups is 9. The van der Waals surface area contributed by atoms with Gasteiger partial charge in [0.15, 0.2) is 0 Å². The fraction of sp³-hybridized carbons (Fsp3) is 0.333. The minimum absolute atomic E-state index is 0.217. The summed E-state index contributed by atoms with van der Waals surface area (Å²) in [6, 6.07) is 4.03. The van der Waals surface area contributed by atoms with E-state index in [1.54, 1.807) is 0 Å². The van der Waals surface area contributed by atoms with Crippen molar-refractivity contribution in [2.24, 2.45) is 0 Å². The molecule has 1 aromatic rings. The zero-order valence-corrected chi connectivity index (χ0v) is 32.1. The van der Waals surface area contributed by atoms with Crippen LogP contribution in [0.5, 0.6) is 0 Å². The number of nitrogens with one attached hydrogen (secondary N) is 6. The van der Waals surface area contributed by atoms with Crippen LogP contribution in [0.15, 0.2) is 18.2 Å². The molecule has 1 aromatic carbocycles. The summed E-state index contributed by atoms with van der Waals surface area (Å²) in [5.41, 5.74) is 2.20. The molecule has 216 valence electrons. The Bertz CT molecular complexity index is 1100. The van der Waals surface area contributed by atoms with E-state index < -0.39 is 34.2 Å². The van der Waals surface area contributed by atoms with E-state index >= 15 is 0 Å². The number of thiocarbonyl (C=S) groups is 6. The molecule has 0 amide bonds. The fourth-order valence-corrected chi connectivity index (χ4v) is 6.63. The van der Waals surface area contributed by atoms with Gasteiger partial charge in [-0.1, -0.05) is 91.5 Å². The Morgan fingerprint density at radius 2 is 0.769 bits per heavy atom. The summed E-state index contributed by atoms with van der Waals surface area (Å²) in [5, 5.41) is 16.7. The van der Waals surface area contributed by atoms with Crippen molar-refractivity contribution in [1.29, 1.82) is 0 Å². The Hall–Kier alpha value is 1.71. The maximum absolute atomic E-state index is 5.27. The first-order valence-electron chi connectivity index (χ1n) is 10.2. The Kier molecular flexibility index (Phi) is 19.0. The monoisotopic (exact) mass is 804 g/mol. The second-order valence-electron chi connectivity index (χ2n) is 7.35. The van der Waals surface area contributed by atoms with Gasteiger partial charge in [-0.2, -0.15) is 37.9 Å². The van der Waals surface area contributed by atoms with E-state index in [1.807, 2.05) is 18.2 Å². The van der Waals surface area contributed by atoms with Crippen LogP contribution in [0.4, 0.5) is 0 Å². The number of hydrogen-bond acceptors (Lipinski definition) is 9. The van der Waals surface area contributed by atoms with Gasteiger partial charge >= 0.3 is 0 Å². The molecule has 0 heterocycles. The van der Waals surface area contributed by atoms with Crippen LogP contribution < -0.4 is 31.9 Å². The van der Waals surface area contributed by atoms with Crippen molar-refractivity contribution in [3.8, 4) is 0 Å². The molecule has 39 heavy (non-hydrogen) atoms. The smallest absolute Gasteiger partial charge is 0.131 e. The lowest BCUT2D eigenvalue weighted by Gasteiger charge is -2.34. The highest BCUT2D eigenvalue weighted by atomic mass is 32.2. The molecule has 1 rings (SSSR count). The first-order valence-corrected chi connectivity index (χ1v) is 16.9. The maximum atomic E-state index is 5.27. The third-order valence-corrected chi connectivity index (χ3v) is 7.50. The second kappa shape index (κ2) is 19.2. The van der Waals surface area contributed by atoms with Crippen LogP contribution in [0.2, 0.25) is 0 Å². The van der Waals surface area contributed by atoms with Gasteiger partial charge in [0.1, 0.15) is 25.9 Å². The largest absolute Gasteiger partial charge is 0.361 e. The maximum Gasteiger partial charge on any atom is 0.131 e. The molecule has 0 fully saturated rings. The van der Waals surface area contributed by atoms with Gasteiger partial charge in [0.05, 0.1) is 34.2 Å². The third kappa shape index (κ3) is 14.4. The lowest BCUT2D eigenvalue weighted by Crippen LogP contribution is -2.44. The number of benzene rings is 1. The molecule has 21 heteroatoms. The molecule has 6 nitrogen and oxygen atoms in total. The van der Waals surface area contributed by atoms with Crippen LogP contribution >= 0.6 is 187 Å². The third-order valence-electron chi connectivity index (χ3n) is 4.74. The zero-order valence-electron chi connectivity index (χ0n) is 19.2. The molecule has 6 unspecified atom stereocenters. The Morgan fingerprint density at radius 3 is 1.13 bits per heavy atom. The quantitative estimate of drug-likeness (QED) is 0.0843. The molecular weight excluding hydrogens is 781 g/mol. The highest BCUT2D eigenvalue weighted by Crippen LogP contribution is 2.34. The molecule has 0 saturated heterocycles. The van der Waals surface area contributed by atoms with Crippen molar-refractivity contribution in [3.63, 3.8) is 0 Å². The van der Waals surface area contributed by atoms with Crippen molar-refractivity contribution in [1.82, 2.24) is 31.9 Å². The average Bonchev–Trinajstić information content (AvgIpc) is 2.77. The summed E-state index contributed by atoms with van der Waals surface area (Å²) in [6.45, 7) is 0. The van der Waals surface area contributed by atoms with Gasteiger partial charge in [0.2, 0.25) is 0 Å². The summed E-state index contributed by atoms with van der Waals surface area (Å²) >= 11 is 70.6. The molecule has 0 aromatic heterocycles. The Morgan fingerprint density at radius 1 is 0.462 bits per heavy atom. The van der Waals surface area contributed by atoms with Crippen LogP contribution in [-0.4, -0.2) is 42.0 Å². The van der Waals surface area contributed by atoms with E-state index in [9.17, 15) is 0 Å². The van der Waals surface area contributed by atoms with Crippen molar-refractivity contribution in [3.05, 3.63) is 34.9 Å². The Balaban J connectivity index is 3.96. The molecule has 6 N–H and O–H groups in total. The average molecular weight is 805 g/mol. The summed E-state index contributed by atoms with van der Waals surface area (Å²) in [7, 11) is 0. The topological polar surface area (TPSA) is 72.2 Å². The predicted octanol–water partition coefficient (Wildman–Crippen LogP) is 4.40. The van der Waals surface area contributed by atoms with Gasteiger partial charge in [-0.15, -0.1) is 75.8 Å². The highest BCUT2D eigenvalue weighted by molar-refractivity contribution is 8.12. The first-order chi connectivity index (χ1) is 18.0. The molecule has 0 saturated carbocycles. The Labute approximate surface area is 310 Å². The lowest BCUT2D eigenvalue weighted by atomic mass is 9.90. The zero-order chi connectivity index (χ0) is 30.0. The normalized spacial score (nSPS) is 15.3. The van der Waals surface area contributed by atoms with Crippen LogP contribution in [0.25, 0.3) is 0 Å². The van der Waals surface area contributed by atoms with Crippen molar-refractivity contribution < 1.29 is 0 Å². The van der Waals surface area contributed by atoms with Crippen molar-refractivity contribution >= 4 is 213 Å². The van der Waals surface area contributed by atoms with E-state index in [4.69, 9.17) is 98.6 Å². The van der Waals surface area contributed by atoms with E-state index in [2.05, 4.69) is 120 Å². The summed E-state index contributed by atoms with van der Waals surface area (Å²) in [4.78, 5) is 0. The van der Waals surface area contributed by atoms with Gasteiger partial charge in [-0.25, -0.2) is 0 Å². The van der Waals surface area contributed by atoms with E-state index in [1.165, 1.54) is 0 Å². The molecule has 0 spiro atoms. The van der Waals surface area contributed by atoms with E-state index in [0.29, 0.717) is 5.56 Å². The summed E-state index contributed by atoms with van der Waals surface area (Å²) < 4.78 is 1.42. The molecule has 0 aliphatic carbocycles. The minimum Gasteiger partial charge on any atom is -0.361 e. The van der Waals surface area contributed by atoms with Crippen molar-refractivity contribution in [2.75, 3.05) is 0 Å². The standard InChI is InChI=1S/C18H24N6S15/c25-10(22-16(34)35)7(19-13(28)29)4-1-2-5(8(20-14(30)31)11(26)23-17(36)37)6(3-4)9(21-15(32)33)12(27)24-18(38)39/h1-3,7-12,25-27H,(H2,19,28,29)(H2,20,30,31)(H2,21,32,33)(H2,22,34,35)(H2,23,36,37)(H2,24,38,39). The van der Waals surface area contributed by atoms with Crippen LogP contribution in [0.3, 0.4) is 0 Å². The molecule has 0 bridgehead atoms. The molecule has 0 radical (unpaired) electrons. The summed E-state index contributed by atoms with van der Waals surface area (Å²) in [5.74, 6) is 0. The minimum atomic E-state index is -0.609. The SMILES string of the molecule is S=C(S)NC(S)C(NC(=S)S)c1ccc(C(NC(=S)S)C(S)NC(=S)S)c(C(NC(=S)S)C(S)NC(=S)S)c1. The van der Waals surface area contributed by atoms with Gasteiger partial charge in [0, 0.05) is 0 Å². The fourth-order valence-electron chi connectivity index (χ4n) is 3.37. The number of hydrogen-bond donors (Lipinski definition) is 15. The first kappa shape index (κ1) is 38.7. The van der Waals surface area contributed by atoms with Gasteiger partial charge in [-0.3, -0.25) is 0 Å². The van der Waals surface area contributed by atoms with Gasteiger partial charge in [-0.05, 0) is 16.7 Å².